The van der Waals surface area contributed by atoms with E-state index in [9.17, 15) is 0 Å². The summed E-state index contributed by atoms with van der Waals surface area (Å²) >= 11 is 0. The van der Waals surface area contributed by atoms with Gasteiger partial charge in [0.25, 0.3) is 0 Å². The van der Waals surface area contributed by atoms with Gasteiger partial charge in [-0.1, -0.05) is 194 Å². The fourth-order valence-electron chi connectivity index (χ4n) is 8.94. The van der Waals surface area contributed by atoms with Gasteiger partial charge < -0.3 is 20.1 Å². The zero-order valence-corrected chi connectivity index (χ0v) is 37.8. The Morgan fingerprint density at radius 1 is 0.394 bits per heavy atom. The fraction of sp³-hybridized carbons (Fsp3) is 0. The zero-order chi connectivity index (χ0) is 56.1. The summed E-state index contributed by atoms with van der Waals surface area (Å²) in [4.78, 5) is 4.91. The van der Waals surface area contributed by atoms with Crippen molar-refractivity contribution in [3.8, 4) is 73.3 Å². The molecular formula is C65H46N4O2. The highest BCUT2D eigenvalue weighted by Crippen LogP contribution is 2.44. The maximum atomic E-state index is 8.92. The average molecular weight is 925 g/mol. The predicted molar refractivity (Wildman–Crippen MR) is 293 cm³/mol. The molecule has 0 aliphatic carbocycles. The summed E-state index contributed by atoms with van der Waals surface area (Å²) in [5.74, 6) is 3.05. The van der Waals surface area contributed by atoms with Crippen LogP contribution in [0.4, 0.5) is 22.7 Å². The monoisotopic (exact) mass is 924 g/mol. The van der Waals surface area contributed by atoms with Gasteiger partial charge in [0.1, 0.15) is 28.8 Å². The molecule has 6 heteroatoms. The number of fused-ring (bicyclic) bond motifs is 3. The Balaban J connectivity index is 0.886. The van der Waals surface area contributed by atoms with E-state index in [1.807, 2.05) is 121 Å². The third-order valence-electron chi connectivity index (χ3n) is 12.1. The molecule has 6 nitrogen and oxygen atoms in total. The molecule has 0 radical (unpaired) electrons. The molecule has 12 aromatic rings. The van der Waals surface area contributed by atoms with E-state index in [0.29, 0.717) is 40.1 Å². The number of ether oxygens (including phenoxy) is 2. The Labute approximate surface area is 426 Å². The number of pyridine rings is 1. The SMILES string of the molecule is [2H]c1c([2H])c([2H])c(-c2cccc(-c3c([2H])c([2H])c([2H])c([2H])c3[2H])c2Nc2ccccc2Nc2cccc(Oc3ccc4c5ccccc5n(-c5cc(Oc6c(-c7ccccc7)cccc6-c6ccccc6)ccn5)c4c3)c2)c([2H])c1[2H]. The molecule has 0 fully saturated rings. The molecule has 0 unspecified atom stereocenters. The van der Waals surface area contributed by atoms with Crippen molar-refractivity contribution in [2.45, 2.75) is 0 Å². The molecule has 71 heavy (non-hydrogen) atoms. The van der Waals surface area contributed by atoms with E-state index in [1.54, 1.807) is 36.5 Å². The van der Waals surface area contributed by atoms with Crippen molar-refractivity contribution >= 4 is 44.6 Å². The normalized spacial score (nSPS) is 13.1. The minimum Gasteiger partial charge on any atom is -0.457 e. The van der Waals surface area contributed by atoms with E-state index in [4.69, 9.17) is 28.2 Å². The van der Waals surface area contributed by atoms with E-state index in [2.05, 4.69) is 63.7 Å². The van der Waals surface area contributed by atoms with Gasteiger partial charge in [-0.05, 0) is 70.8 Å². The van der Waals surface area contributed by atoms with Crippen LogP contribution in [0, 0.1) is 0 Å². The van der Waals surface area contributed by atoms with E-state index in [0.717, 1.165) is 49.8 Å². The summed E-state index contributed by atoms with van der Waals surface area (Å²) in [6.45, 7) is 0. The fourth-order valence-corrected chi connectivity index (χ4v) is 8.94. The van der Waals surface area contributed by atoms with Crippen molar-refractivity contribution in [1.29, 1.82) is 0 Å². The summed E-state index contributed by atoms with van der Waals surface area (Å²) in [6, 6.07) is 58.6. The van der Waals surface area contributed by atoms with E-state index in [-0.39, 0.29) is 27.9 Å². The molecule has 0 spiro atoms. The van der Waals surface area contributed by atoms with Crippen molar-refractivity contribution in [2.24, 2.45) is 0 Å². The lowest BCUT2D eigenvalue weighted by Gasteiger charge is -2.20. The Morgan fingerprint density at radius 3 is 1.62 bits per heavy atom. The Kier molecular flexibility index (Phi) is 8.89. The number of para-hydroxylation sites is 5. The molecular weight excluding hydrogens is 869 g/mol. The van der Waals surface area contributed by atoms with Crippen LogP contribution < -0.4 is 20.1 Å². The summed E-state index contributed by atoms with van der Waals surface area (Å²) in [7, 11) is 0. The van der Waals surface area contributed by atoms with Crippen LogP contribution in [0.5, 0.6) is 23.0 Å². The van der Waals surface area contributed by atoms with E-state index < -0.39 is 60.4 Å². The second-order valence-electron chi connectivity index (χ2n) is 16.6. The number of aromatic nitrogens is 2. The summed E-state index contributed by atoms with van der Waals surface area (Å²) in [5.41, 5.74) is 7.56. The van der Waals surface area contributed by atoms with Crippen LogP contribution in [0.3, 0.4) is 0 Å². The first-order chi connectivity index (χ1) is 39.3. The van der Waals surface area contributed by atoms with Gasteiger partial charge in [-0.2, -0.15) is 0 Å². The standard InChI is InChI=1S/C65H46N4O2/c1-5-20-45(21-6-1)53-31-18-32-54(46-22-7-2-8-23-46)64(53)68-60-36-15-14-35-59(60)67-49-28-17-29-50(42-49)70-51-38-39-58-57-30-13-16-37-61(57)69(62(58)43-51)63-44-52(40-41-66-63)71-65-55(47-24-9-3-10-25-47)33-19-34-56(65)48-26-11-4-12-27-48/h1-44,67-68H/i1D,2D,5D,6D,7D,8D,20D,21D,22D,23D. The number of nitrogens with zero attached hydrogens (tertiary/aromatic N) is 2. The first kappa shape index (κ1) is 32.9. The molecule has 12 rings (SSSR count). The van der Waals surface area contributed by atoms with Crippen LogP contribution in [-0.2, 0) is 0 Å². The van der Waals surface area contributed by atoms with Crippen molar-refractivity contribution < 1.29 is 23.2 Å². The first-order valence-electron chi connectivity index (χ1n) is 27.9. The average Bonchev–Trinajstić information content (AvgIpc) is 4.01. The highest BCUT2D eigenvalue weighted by atomic mass is 16.5. The molecule has 0 atom stereocenters. The van der Waals surface area contributed by atoms with E-state index in [1.165, 1.54) is 0 Å². The zero-order valence-electron chi connectivity index (χ0n) is 47.8. The lowest BCUT2D eigenvalue weighted by molar-refractivity contribution is 0.483. The van der Waals surface area contributed by atoms with Crippen LogP contribution in [0.1, 0.15) is 13.7 Å². The molecule has 0 bridgehead atoms. The lowest BCUT2D eigenvalue weighted by Crippen LogP contribution is -2.01. The minimum atomic E-state index is -0.570. The molecule has 0 aliphatic heterocycles. The Bertz CT molecular complexity index is 4240. The molecule has 0 amide bonds. The predicted octanol–water partition coefficient (Wildman–Crippen LogP) is 17.9. The number of anilines is 4. The molecule has 338 valence electrons. The number of nitrogens with one attached hydrogen (secondary N) is 2. The smallest absolute Gasteiger partial charge is 0.143 e. The molecule has 0 saturated carbocycles. The molecule has 0 aliphatic rings. The number of rotatable bonds is 13. The number of benzene rings is 10. The number of hydrogen-bond donors (Lipinski definition) is 2. The maximum absolute atomic E-state index is 8.92. The molecule has 2 N–H and O–H groups in total. The van der Waals surface area contributed by atoms with Crippen LogP contribution >= 0.6 is 0 Å². The van der Waals surface area contributed by atoms with Gasteiger partial charge in [-0.15, -0.1) is 0 Å². The van der Waals surface area contributed by atoms with Crippen molar-refractivity contribution in [2.75, 3.05) is 10.6 Å². The highest BCUT2D eigenvalue weighted by Gasteiger charge is 2.19. The Hall–Kier alpha value is -9.65. The molecule has 2 aromatic heterocycles. The summed E-state index contributed by atoms with van der Waals surface area (Å²) in [5, 5.41) is 8.90. The van der Waals surface area contributed by atoms with Crippen LogP contribution in [0.2, 0.25) is 0 Å². The van der Waals surface area contributed by atoms with Gasteiger partial charge >= 0.3 is 0 Å². The van der Waals surface area contributed by atoms with Gasteiger partial charge in [-0.3, -0.25) is 4.57 Å². The van der Waals surface area contributed by atoms with Crippen LogP contribution in [0.15, 0.2) is 267 Å². The van der Waals surface area contributed by atoms with Gasteiger partial charge in [0.2, 0.25) is 0 Å². The topological polar surface area (TPSA) is 60.3 Å². The van der Waals surface area contributed by atoms with Crippen molar-refractivity contribution in [1.82, 2.24) is 9.55 Å². The third kappa shape index (κ3) is 8.74. The maximum Gasteiger partial charge on any atom is 0.143 e. The van der Waals surface area contributed by atoms with Gasteiger partial charge in [0.15, 0.2) is 0 Å². The van der Waals surface area contributed by atoms with Gasteiger partial charge in [0.05, 0.1) is 41.8 Å². The number of hydrogen-bond acceptors (Lipinski definition) is 5. The van der Waals surface area contributed by atoms with Crippen molar-refractivity contribution in [3.05, 3.63) is 267 Å². The minimum absolute atomic E-state index is 0.135. The van der Waals surface area contributed by atoms with Crippen LogP contribution in [-0.4, -0.2) is 9.55 Å². The third-order valence-corrected chi connectivity index (χ3v) is 12.1. The van der Waals surface area contributed by atoms with E-state index >= 15 is 0 Å². The van der Waals surface area contributed by atoms with Crippen molar-refractivity contribution in [3.63, 3.8) is 0 Å². The molecule has 2 heterocycles. The molecule has 0 saturated heterocycles. The Morgan fingerprint density at radius 2 is 0.944 bits per heavy atom. The highest BCUT2D eigenvalue weighted by molar-refractivity contribution is 6.09. The summed E-state index contributed by atoms with van der Waals surface area (Å²) < 4.78 is 102. The van der Waals surface area contributed by atoms with Gasteiger partial charge in [-0.25, -0.2) is 4.98 Å². The van der Waals surface area contributed by atoms with Gasteiger partial charge in [0, 0.05) is 63.1 Å². The lowest BCUT2D eigenvalue weighted by atomic mass is 9.95. The molecule has 10 aromatic carbocycles. The second kappa shape index (κ2) is 19.2. The largest absolute Gasteiger partial charge is 0.457 e. The van der Waals surface area contributed by atoms with Crippen LogP contribution in [0.25, 0.3) is 72.1 Å². The first-order valence-corrected chi connectivity index (χ1v) is 22.9. The summed E-state index contributed by atoms with van der Waals surface area (Å²) in [6.07, 6.45) is 1.75. The quantitative estimate of drug-likeness (QED) is 0.121. The second-order valence-corrected chi connectivity index (χ2v) is 16.6.